The number of ether oxygens (including phenoxy) is 4. The van der Waals surface area contributed by atoms with Crippen LogP contribution < -0.4 is 24.7 Å². The van der Waals surface area contributed by atoms with E-state index in [0.29, 0.717) is 39.9 Å². The quantitative estimate of drug-likeness (QED) is 0.663. The molecule has 3 N–H and O–H groups in total. The molecule has 0 bridgehead atoms. The zero-order valence-electron chi connectivity index (χ0n) is 16.6. The number of rotatable bonds is 5. The molecule has 9 nitrogen and oxygen atoms in total. The van der Waals surface area contributed by atoms with Crippen molar-refractivity contribution in [3.8, 4) is 40.5 Å². The fourth-order valence-electron chi connectivity index (χ4n) is 3.57. The van der Waals surface area contributed by atoms with Crippen molar-refractivity contribution in [2.75, 3.05) is 21.3 Å². The van der Waals surface area contributed by atoms with Gasteiger partial charge >= 0.3 is 0 Å². The average Bonchev–Trinajstić information content (AvgIpc) is 3.20. The standard InChI is InChI=1S/C21H19N5O4/c1-27-14-7-12(8-15(28-2)19(14)29-3)18-17-16(11-5-4-6-24-10-11)13(9-22)20(23)30-21(17)26-25-18/h4-8,10,16H,23H2,1-3H3,(H,25,26)/t16-/m0/s1. The second-order valence-electron chi connectivity index (χ2n) is 6.44. The first-order chi connectivity index (χ1) is 14.6. The molecular formula is C21H19N5O4. The first kappa shape index (κ1) is 19.1. The van der Waals surface area contributed by atoms with E-state index in [1.54, 1.807) is 44.8 Å². The van der Waals surface area contributed by atoms with Crippen molar-refractivity contribution in [2.45, 2.75) is 5.92 Å². The highest BCUT2D eigenvalue weighted by Crippen LogP contribution is 2.48. The third-order valence-electron chi connectivity index (χ3n) is 4.91. The monoisotopic (exact) mass is 405 g/mol. The van der Waals surface area contributed by atoms with Crippen molar-refractivity contribution in [3.05, 3.63) is 59.2 Å². The first-order valence-corrected chi connectivity index (χ1v) is 8.99. The van der Waals surface area contributed by atoms with Gasteiger partial charge in [-0.05, 0) is 23.8 Å². The van der Waals surface area contributed by atoms with Crippen molar-refractivity contribution in [2.24, 2.45) is 5.73 Å². The lowest BCUT2D eigenvalue weighted by Crippen LogP contribution is -2.21. The molecule has 0 saturated heterocycles. The maximum absolute atomic E-state index is 9.77. The second kappa shape index (κ2) is 7.67. The molecule has 1 atom stereocenters. The SMILES string of the molecule is COc1cc(-c2[nH]nc3c2[C@@H](c2cccnc2)C(C#N)=C(N)O3)cc(OC)c1OC. The van der Waals surface area contributed by atoms with Gasteiger partial charge in [-0.1, -0.05) is 6.07 Å². The maximum atomic E-state index is 9.77. The van der Waals surface area contributed by atoms with Gasteiger partial charge in [0.05, 0.1) is 38.5 Å². The van der Waals surface area contributed by atoms with E-state index in [9.17, 15) is 5.26 Å². The van der Waals surface area contributed by atoms with Crippen molar-refractivity contribution in [1.29, 1.82) is 5.26 Å². The Balaban J connectivity index is 1.95. The minimum absolute atomic E-state index is 0.0156. The number of nitrogens with one attached hydrogen (secondary N) is 1. The first-order valence-electron chi connectivity index (χ1n) is 8.99. The Bertz CT molecular complexity index is 1140. The molecule has 1 aliphatic rings. The molecule has 4 rings (SSSR count). The summed E-state index contributed by atoms with van der Waals surface area (Å²) in [6, 6.07) is 9.43. The van der Waals surface area contributed by atoms with Crippen LogP contribution in [0.1, 0.15) is 17.0 Å². The van der Waals surface area contributed by atoms with E-state index >= 15 is 0 Å². The number of benzene rings is 1. The summed E-state index contributed by atoms with van der Waals surface area (Å²) in [6.45, 7) is 0. The van der Waals surface area contributed by atoms with Gasteiger partial charge in [0.1, 0.15) is 11.6 Å². The molecule has 0 aliphatic carbocycles. The maximum Gasteiger partial charge on any atom is 0.244 e. The van der Waals surface area contributed by atoms with E-state index < -0.39 is 5.92 Å². The molecule has 9 heteroatoms. The number of fused-ring (bicyclic) bond motifs is 1. The number of aromatic amines is 1. The molecule has 0 unspecified atom stereocenters. The van der Waals surface area contributed by atoms with Gasteiger partial charge < -0.3 is 24.7 Å². The average molecular weight is 405 g/mol. The zero-order chi connectivity index (χ0) is 21.3. The van der Waals surface area contributed by atoms with Gasteiger partial charge in [-0.25, -0.2) is 0 Å². The summed E-state index contributed by atoms with van der Waals surface area (Å²) >= 11 is 0. The van der Waals surface area contributed by atoms with Crippen LogP contribution in [0.4, 0.5) is 0 Å². The lowest BCUT2D eigenvalue weighted by molar-refractivity contribution is 0.324. The molecule has 0 fully saturated rings. The largest absolute Gasteiger partial charge is 0.493 e. The van der Waals surface area contributed by atoms with Crippen LogP contribution in [0.25, 0.3) is 11.3 Å². The van der Waals surface area contributed by atoms with Crippen LogP contribution in [0.5, 0.6) is 23.1 Å². The molecule has 1 aliphatic heterocycles. The molecular weight excluding hydrogens is 386 g/mol. The van der Waals surface area contributed by atoms with E-state index in [1.165, 1.54) is 7.11 Å². The van der Waals surface area contributed by atoms with Gasteiger partial charge in [-0.2, -0.15) is 5.26 Å². The van der Waals surface area contributed by atoms with Crippen LogP contribution in [0.2, 0.25) is 0 Å². The lowest BCUT2D eigenvalue weighted by atomic mass is 9.83. The zero-order valence-corrected chi connectivity index (χ0v) is 16.6. The number of allylic oxidation sites excluding steroid dienone is 1. The molecule has 3 heterocycles. The Morgan fingerprint density at radius 3 is 2.47 bits per heavy atom. The van der Waals surface area contributed by atoms with E-state index in [-0.39, 0.29) is 11.5 Å². The summed E-state index contributed by atoms with van der Waals surface area (Å²) in [5, 5.41) is 17.1. The molecule has 0 amide bonds. The van der Waals surface area contributed by atoms with E-state index in [0.717, 1.165) is 5.56 Å². The molecule has 152 valence electrons. The fourth-order valence-corrected chi connectivity index (χ4v) is 3.57. The number of nitrogens with two attached hydrogens (primary N) is 1. The summed E-state index contributed by atoms with van der Waals surface area (Å²) in [5.41, 5.74) is 9.11. The molecule has 0 spiro atoms. The van der Waals surface area contributed by atoms with Crippen LogP contribution in [0, 0.1) is 11.3 Å². The van der Waals surface area contributed by atoms with Crippen molar-refractivity contribution >= 4 is 0 Å². The van der Waals surface area contributed by atoms with Gasteiger partial charge in [-0.15, -0.1) is 5.10 Å². The Hall–Kier alpha value is -4.19. The Morgan fingerprint density at radius 2 is 1.90 bits per heavy atom. The Kier molecular flexibility index (Phi) is 4.90. The third kappa shape index (κ3) is 2.95. The summed E-state index contributed by atoms with van der Waals surface area (Å²) in [6.07, 6.45) is 3.36. The van der Waals surface area contributed by atoms with E-state index in [2.05, 4.69) is 21.3 Å². The van der Waals surface area contributed by atoms with Crippen LogP contribution in [0.3, 0.4) is 0 Å². The van der Waals surface area contributed by atoms with Crippen LogP contribution in [0.15, 0.2) is 48.1 Å². The molecule has 30 heavy (non-hydrogen) atoms. The number of nitrogens with zero attached hydrogens (tertiary/aromatic N) is 3. The van der Waals surface area contributed by atoms with Crippen LogP contribution in [-0.2, 0) is 0 Å². The highest BCUT2D eigenvalue weighted by atomic mass is 16.5. The van der Waals surface area contributed by atoms with Crippen LogP contribution in [-0.4, -0.2) is 36.5 Å². The van der Waals surface area contributed by atoms with Gasteiger partial charge in [-0.3, -0.25) is 10.1 Å². The highest BCUT2D eigenvalue weighted by Gasteiger charge is 2.36. The van der Waals surface area contributed by atoms with Gasteiger partial charge in [0.2, 0.25) is 17.5 Å². The van der Waals surface area contributed by atoms with Crippen molar-refractivity contribution < 1.29 is 18.9 Å². The Morgan fingerprint density at radius 1 is 1.17 bits per heavy atom. The van der Waals surface area contributed by atoms with Gasteiger partial charge in [0.25, 0.3) is 0 Å². The van der Waals surface area contributed by atoms with Gasteiger partial charge in [0, 0.05) is 18.0 Å². The molecule has 1 aromatic carbocycles. The number of hydrogen-bond acceptors (Lipinski definition) is 8. The second-order valence-corrected chi connectivity index (χ2v) is 6.44. The summed E-state index contributed by atoms with van der Waals surface area (Å²) < 4.78 is 22.0. The number of hydrogen-bond donors (Lipinski definition) is 2. The summed E-state index contributed by atoms with van der Waals surface area (Å²) in [7, 11) is 4.63. The van der Waals surface area contributed by atoms with Gasteiger partial charge in [0.15, 0.2) is 11.5 Å². The lowest BCUT2D eigenvalue weighted by Gasteiger charge is -2.24. The minimum Gasteiger partial charge on any atom is -0.493 e. The van der Waals surface area contributed by atoms with Crippen molar-refractivity contribution in [3.63, 3.8) is 0 Å². The normalized spacial score (nSPS) is 15.1. The van der Waals surface area contributed by atoms with Crippen LogP contribution >= 0.6 is 0 Å². The highest BCUT2D eigenvalue weighted by molar-refractivity contribution is 5.75. The smallest absolute Gasteiger partial charge is 0.244 e. The Labute approximate surface area is 172 Å². The minimum atomic E-state index is -0.500. The number of aromatic nitrogens is 3. The molecule has 3 aromatic rings. The number of pyridine rings is 1. The number of nitriles is 1. The van der Waals surface area contributed by atoms with E-state index in [4.69, 9.17) is 24.7 Å². The predicted octanol–water partition coefficient (Wildman–Crippen LogP) is 2.72. The summed E-state index contributed by atoms with van der Waals surface area (Å²) in [4.78, 5) is 4.19. The summed E-state index contributed by atoms with van der Waals surface area (Å²) in [5.74, 6) is 1.26. The predicted molar refractivity (Wildman–Crippen MR) is 107 cm³/mol. The molecule has 0 saturated carbocycles. The third-order valence-corrected chi connectivity index (χ3v) is 4.91. The van der Waals surface area contributed by atoms with E-state index in [1.807, 2.05) is 6.07 Å². The number of methoxy groups -OCH3 is 3. The molecule has 0 radical (unpaired) electrons. The molecule has 2 aromatic heterocycles. The van der Waals surface area contributed by atoms with Crippen molar-refractivity contribution in [1.82, 2.24) is 15.2 Å². The fraction of sp³-hybridized carbons (Fsp3) is 0.190. The number of H-pyrrole nitrogens is 1. The topological polar surface area (TPSA) is 128 Å².